The van der Waals surface area contributed by atoms with Crippen LogP contribution in [0.15, 0.2) is 0 Å². The average molecular weight is 593 g/mol. The van der Waals surface area contributed by atoms with Crippen LogP contribution in [0.5, 0.6) is 0 Å². The first kappa shape index (κ1) is 39.2. The second kappa shape index (κ2) is 33.1. The van der Waals surface area contributed by atoms with Gasteiger partial charge in [-0.05, 0) is 18.0 Å². The molecule has 2 heteroatoms. The molecule has 0 radical (unpaired) electrons. The minimum atomic E-state index is -0.927. The second-order valence-corrected chi connectivity index (χ2v) is 17.1. The fraction of sp³-hybridized carbons (Fsp3) is 1.00. The minimum absolute atomic E-state index is 0.927. The molecule has 41 heavy (non-hydrogen) atoms. The van der Waals surface area contributed by atoms with Crippen molar-refractivity contribution in [3.05, 3.63) is 0 Å². The SMILES string of the molecule is CCCCCCCCCCCCCCCCCCC(CCCCCCCCCCCCCCCC)[SiH]1CCCCO1. The molecule has 2 atom stereocenters. The van der Waals surface area contributed by atoms with Crippen molar-refractivity contribution in [2.24, 2.45) is 0 Å². The van der Waals surface area contributed by atoms with Gasteiger partial charge < -0.3 is 4.43 Å². The summed E-state index contributed by atoms with van der Waals surface area (Å²) >= 11 is 0. The van der Waals surface area contributed by atoms with E-state index in [0.29, 0.717) is 0 Å². The van der Waals surface area contributed by atoms with E-state index in [2.05, 4.69) is 13.8 Å². The molecule has 246 valence electrons. The molecular weight excluding hydrogens is 513 g/mol. The molecule has 0 aromatic heterocycles. The van der Waals surface area contributed by atoms with Gasteiger partial charge in [0, 0.05) is 6.61 Å². The third kappa shape index (κ3) is 27.5. The maximum atomic E-state index is 6.43. The highest BCUT2D eigenvalue weighted by molar-refractivity contribution is 6.53. The number of hydrogen-bond donors (Lipinski definition) is 0. The van der Waals surface area contributed by atoms with E-state index in [4.69, 9.17) is 4.43 Å². The van der Waals surface area contributed by atoms with Crippen molar-refractivity contribution in [2.75, 3.05) is 6.61 Å². The molecule has 0 N–H and O–H groups in total. The van der Waals surface area contributed by atoms with Gasteiger partial charge in [0.05, 0.1) is 0 Å². The Kier molecular flexibility index (Phi) is 31.6. The first-order valence-electron chi connectivity index (χ1n) is 20.0. The van der Waals surface area contributed by atoms with E-state index in [1.807, 2.05) is 0 Å². The van der Waals surface area contributed by atoms with Gasteiger partial charge in [-0.1, -0.05) is 226 Å². The number of unbranched alkanes of at least 4 members (excludes halogenated alkanes) is 28. The molecule has 0 amide bonds. The van der Waals surface area contributed by atoms with Crippen molar-refractivity contribution in [2.45, 2.75) is 244 Å². The molecule has 0 aromatic carbocycles. The monoisotopic (exact) mass is 593 g/mol. The van der Waals surface area contributed by atoms with Crippen molar-refractivity contribution >= 4 is 9.04 Å². The lowest BCUT2D eigenvalue weighted by atomic mass is 10.0. The summed E-state index contributed by atoms with van der Waals surface area (Å²) in [5.74, 6) is 0. The standard InChI is InChI=1S/C39H80OSi/c1-3-5-7-9-11-13-15-17-19-20-22-24-26-28-30-32-36-39(41-38-34-33-37-40-41)35-31-29-27-25-23-21-18-16-14-12-10-8-6-4-2/h39,41H,3-38H2,1-2H3. The summed E-state index contributed by atoms with van der Waals surface area (Å²) in [7, 11) is -0.927. The van der Waals surface area contributed by atoms with Crippen LogP contribution in [0.2, 0.25) is 11.6 Å². The Morgan fingerprint density at radius 2 is 0.683 bits per heavy atom. The van der Waals surface area contributed by atoms with E-state index in [-0.39, 0.29) is 0 Å². The van der Waals surface area contributed by atoms with Gasteiger partial charge >= 0.3 is 0 Å². The molecule has 1 rings (SSSR count). The summed E-state index contributed by atoms with van der Waals surface area (Å²) in [6.07, 6.45) is 49.9. The zero-order valence-corrected chi connectivity index (χ0v) is 30.2. The Morgan fingerprint density at radius 3 is 0.951 bits per heavy atom. The van der Waals surface area contributed by atoms with Crippen LogP contribution < -0.4 is 0 Å². The van der Waals surface area contributed by atoms with Crippen LogP contribution in [0.25, 0.3) is 0 Å². The number of hydrogen-bond acceptors (Lipinski definition) is 1. The number of rotatable bonds is 33. The predicted octanol–water partition coefficient (Wildman–Crippen LogP) is 14.4. The van der Waals surface area contributed by atoms with Crippen LogP contribution in [0.3, 0.4) is 0 Å². The molecule has 0 bridgehead atoms. The van der Waals surface area contributed by atoms with Crippen molar-refractivity contribution in [1.29, 1.82) is 0 Å². The zero-order chi connectivity index (χ0) is 29.3. The van der Waals surface area contributed by atoms with E-state index < -0.39 is 9.04 Å². The first-order chi connectivity index (χ1) is 20.4. The highest BCUT2D eigenvalue weighted by Gasteiger charge is 2.25. The average Bonchev–Trinajstić information content (AvgIpc) is 3.00. The third-order valence-corrected chi connectivity index (χ3v) is 13.5. The molecule has 2 unspecified atom stereocenters. The van der Waals surface area contributed by atoms with Crippen LogP contribution in [-0.4, -0.2) is 15.6 Å². The maximum Gasteiger partial charge on any atom is 0.179 e. The van der Waals surface area contributed by atoms with Crippen molar-refractivity contribution < 1.29 is 4.43 Å². The summed E-state index contributed by atoms with van der Waals surface area (Å²) in [6, 6.07) is 1.47. The highest BCUT2D eigenvalue weighted by Crippen LogP contribution is 2.32. The third-order valence-electron chi connectivity index (χ3n) is 10.1. The molecule has 0 saturated carbocycles. The smallest absolute Gasteiger partial charge is 0.179 e. The van der Waals surface area contributed by atoms with E-state index >= 15 is 0 Å². The summed E-state index contributed by atoms with van der Waals surface area (Å²) in [6.45, 7) is 5.71. The van der Waals surface area contributed by atoms with E-state index in [1.165, 1.54) is 224 Å². The molecule has 0 aliphatic carbocycles. The quantitative estimate of drug-likeness (QED) is 0.0544. The molecular formula is C39H80OSi. The lowest BCUT2D eigenvalue weighted by molar-refractivity contribution is 0.274. The molecule has 1 aliphatic rings. The summed E-state index contributed by atoms with van der Waals surface area (Å²) in [4.78, 5) is 0. The maximum absolute atomic E-state index is 6.43. The molecule has 1 saturated heterocycles. The van der Waals surface area contributed by atoms with Crippen LogP contribution in [0.4, 0.5) is 0 Å². The van der Waals surface area contributed by atoms with Crippen LogP contribution in [0.1, 0.15) is 232 Å². The summed E-state index contributed by atoms with van der Waals surface area (Å²) in [5.41, 5.74) is 0.985. The Bertz CT molecular complexity index is 474. The molecule has 1 nitrogen and oxygen atoms in total. The van der Waals surface area contributed by atoms with Gasteiger partial charge in [0.2, 0.25) is 0 Å². The Morgan fingerprint density at radius 1 is 0.390 bits per heavy atom. The normalized spacial score (nSPS) is 16.4. The molecule has 0 spiro atoms. The predicted molar refractivity (Wildman–Crippen MR) is 190 cm³/mol. The van der Waals surface area contributed by atoms with Gasteiger partial charge in [-0.15, -0.1) is 0 Å². The largest absolute Gasteiger partial charge is 0.420 e. The molecule has 0 aromatic rings. The van der Waals surface area contributed by atoms with Crippen LogP contribution in [0, 0.1) is 0 Å². The minimum Gasteiger partial charge on any atom is -0.420 e. The first-order valence-corrected chi connectivity index (χ1v) is 22.0. The van der Waals surface area contributed by atoms with Crippen LogP contribution in [-0.2, 0) is 4.43 Å². The van der Waals surface area contributed by atoms with Gasteiger partial charge in [-0.3, -0.25) is 0 Å². The van der Waals surface area contributed by atoms with E-state index in [1.54, 1.807) is 0 Å². The van der Waals surface area contributed by atoms with Gasteiger partial charge in [0.1, 0.15) is 0 Å². The van der Waals surface area contributed by atoms with Crippen molar-refractivity contribution in [3.8, 4) is 0 Å². The van der Waals surface area contributed by atoms with Gasteiger partial charge in [-0.25, -0.2) is 0 Å². The van der Waals surface area contributed by atoms with Gasteiger partial charge in [-0.2, -0.15) is 0 Å². The topological polar surface area (TPSA) is 9.23 Å². The van der Waals surface area contributed by atoms with Crippen molar-refractivity contribution in [1.82, 2.24) is 0 Å². The highest BCUT2D eigenvalue weighted by atomic mass is 28.3. The van der Waals surface area contributed by atoms with Gasteiger partial charge in [0.25, 0.3) is 0 Å². The van der Waals surface area contributed by atoms with Crippen LogP contribution >= 0.6 is 0 Å². The summed E-state index contributed by atoms with van der Waals surface area (Å²) < 4.78 is 6.43. The second-order valence-electron chi connectivity index (χ2n) is 14.1. The fourth-order valence-electron chi connectivity index (χ4n) is 7.21. The van der Waals surface area contributed by atoms with Gasteiger partial charge in [0.15, 0.2) is 9.04 Å². The van der Waals surface area contributed by atoms with Crippen molar-refractivity contribution in [3.63, 3.8) is 0 Å². The van der Waals surface area contributed by atoms with E-state index in [9.17, 15) is 0 Å². The Labute approximate surface area is 263 Å². The molecule has 1 aliphatic heterocycles. The fourth-order valence-corrected chi connectivity index (χ4v) is 10.5. The zero-order valence-electron chi connectivity index (χ0n) is 29.0. The lowest BCUT2D eigenvalue weighted by Gasteiger charge is -2.29. The Balaban J connectivity index is 1.94. The van der Waals surface area contributed by atoms with E-state index in [0.717, 1.165) is 12.1 Å². The summed E-state index contributed by atoms with van der Waals surface area (Å²) in [5, 5.41) is 0. The Hall–Kier alpha value is 0.177. The molecule has 1 heterocycles. The lowest BCUT2D eigenvalue weighted by Crippen LogP contribution is -2.29. The molecule has 1 fully saturated rings.